The molecule has 150 valence electrons. The Hall–Kier alpha value is -2.37. The van der Waals surface area contributed by atoms with Crippen LogP contribution in [-0.2, 0) is 22.6 Å². The summed E-state index contributed by atoms with van der Waals surface area (Å²) in [6.07, 6.45) is 1.91. The summed E-state index contributed by atoms with van der Waals surface area (Å²) in [5, 5.41) is 6.27. The first-order chi connectivity index (χ1) is 13.2. The van der Waals surface area contributed by atoms with Gasteiger partial charge in [0.15, 0.2) is 0 Å². The second-order valence-corrected chi connectivity index (χ2v) is 6.88. The van der Waals surface area contributed by atoms with Crippen LogP contribution in [0.25, 0.3) is 0 Å². The van der Waals surface area contributed by atoms with E-state index in [1.54, 1.807) is 4.90 Å². The zero-order valence-electron chi connectivity index (χ0n) is 16.2. The maximum Gasteiger partial charge on any atom is 0.247 e. The number of carbonyl (C=O) groups excluding carboxylic acids is 2. The third-order valence-corrected chi connectivity index (χ3v) is 4.85. The average molecular weight is 402 g/mol. The highest BCUT2D eigenvalue weighted by molar-refractivity contribution is 5.97. The minimum absolute atomic E-state index is 0. The Bertz CT molecular complexity index is 782. The van der Waals surface area contributed by atoms with Crippen molar-refractivity contribution in [2.45, 2.75) is 38.8 Å². The minimum Gasteiger partial charge on any atom is -0.330 e. The molecule has 0 radical (unpaired) electrons. The van der Waals surface area contributed by atoms with E-state index in [9.17, 15) is 9.59 Å². The summed E-state index contributed by atoms with van der Waals surface area (Å²) in [4.78, 5) is 27.2. The molecule has 0 bridgehead atoms. The Morgan fingerprint density at radius 3 is 2.57 bits per heavy atom. The lowest BCUT2D eigenvalue weighted by molar-refractivity contribution is -0.136. The van der Waals surface area contributed by atoms with E-state index >= 15 is 0 Å². The van der Waals surface area contributed by atoms with Crippen molar-refractivity contribution in [3.05, 3.63) is 65.7 Å². The van der Waals surface area contributed by atoms with Gasteiger partial charge in [0.05, 0.1) is 6.42 Å². The Labute approximate surface area is 172 Å². The second kappa shape index (κ2) is 10.8. The minimum atomic E-state index is -0.390. The molecule has 0 saturated carbocycles. The summed E-state index contributed by atoms with van der Waals surface area (Å²) in [7, 11) is 0. The van der Waals surface area contributed by atoms with E-state index in [2.05, 4.69) is 17.6 Å². The lowest BCUT2D eigenvalue weighted by Crippen LogP contribution is -2.43. The number of benzene rings is 2. The van der Waals surface area contributed by atoms with Gasteiger partial charge < -0.3 is 15.5 Å². The summed E-state index contributed by atoms with van der Waals surface area (Å²) < 4.78 is 0. The first kappa shape index (κ1) is 21.9. The van der Waals surface area contributed by atoms with E-state index in [4.69, 9.17) is 0 Å². The van der Waals surface area contributed by atoms with Gasteiger partial charge in [-0.1, -0.05) is 49.4 Å². The van der Waals surface area contributed by atoms with Crippen LogP contribution in [0, 0.1) is 0 Å². The van der Waals surface area contributed by atoms with Crippen LogP contribution in [0.5, 0.6) is 0 Å². The summed E-state index contributed by atoms with van der Waals surface area (Å²) in [5.41, 5.74) is 2.88. The number of hydrogen-bond acceptors (Lipinski definition) is 3. The van der Waals surface area contributed by atoms with Gasteiger partial charge in [0.25, 0.3) is 0 Å². The van der Waals surface area contributed by atoms with Crippen molar-refractivity contribution < 1.29 is 9.59 Å². The maximum absolute atomic E-state index is 12.8. The molecule has 0 spiro atoms. The van der Waals surface area contributed by atoms with E-state index in [0.717, 1.165) is 36.3 Å². The number of halogens is 1. The third-order valence-electron chi connectivity index (χ3n) is 4.85. The van der Waals surface area contributed by atoms with Crippen molar-refractivity contribution in [2.24, 2.45) is 0 Å². The summed E-state index contributed by atoms with van der Waals surface area (Å²) in [6, 6.07) is 17.1. The number of anilines is 1. The molecule has 1 saturated heterocycles. The van der Waals surface area contributed by atoms with Crippen molar-refractivity contribution in [3.8, 4) is 0 Å². The molecule has 3 rings (SSSR count). The zero-order valence-corrected chi connectivity index (χ0v) is 17.0. The molecular weight excluding hydrogens is 374 g/mol. The normalized spacial score (nSPS) is 15.8. The van der Waals surface area contributed by atoms with Gasteiger partial charge in [0, 0.05) is 18.8 Å². The molecule has 2 amide bonds. The quantitative estimate of drug-likeness (QED) is 0.747. The molecule has 1 atom stereocenters. The second-order valence-electron chi connectivity index (χ2n) is 6.88. The van der Waals surface area contributed by atoms with Gasteiger partial charge in [0.2, 0.25) is 11.8 Å². The molecule has 5 nitrogen and oxygen atoms in total. The number of likely N-dealkylation sites (tertiary alicyclic amines) is 1. The highest BCUT2D eigenvalue weighted by Crippen LogP contribution is 2.21. The molecule has 0 aromatic heterocycles. The number of hydrogen-bond donors (Lipinski definition) is 2. The lowest BCUT2D eigenvalue weighted by atomic mass is 10.1. The third kappa shape index (κ3) is 5.81. The largest absolute Gasteiger partial charge is 0.330 e. The molecule has 2 aromatic rings. The Kier molecular flexibility index (Phi) is 8.48. The molecule has 2 N–H and O–H groups in total. The monoisotopic (exact) mass is 401 g/mol. The van der Waals surface area contributed by atoms with Gasteiger partial charge in [0.1, 0.15) is 6.04 Å². The standard InChI is InChI=1S/C22H27N3O2.ClH/c1-2-23-16-18-10-6-11-19(14-18)24-22(27)20-12-7-13-25(20)21(26)15-17-8-4-3-5-9-17;/h3-6,8-11,14,20,23H,2,7,12-13,15-16H2,1H3,(H,24,27);1H. The zero-order chi connectivity index (χ0) is 19.1. The average Bonchev–Trinajstić information content (AvgIpc) is 3.18. The van der Waals surface area contributed by atoms with Crippen LogP contribution in [-0.4, -0.2) is 35.8 Å². The summed E-state index contributed by atoms with van der Waals surface area (Å²) >= 11 is 0. The van der Waals surface area contributed by atoms with Gasteiger partial charge in [-0.3, -0.25) is 9.59 Å². The first-order valence-corrected chi connectivity index (χ1v) is 9.61. The topological polar surface area (TPSA) is 61.4 Å². The smallest absolute Gasteiger partial charge is 0.247 e. The Morgan fingerprint density at radius 2 is 1.82 bits per heavy atom. The predicted molar refractivity (Wildman–Crippen MR) is 115 cm³/mol. The van der Waals surface area contributed by atoms with Crippen LogP contribution in [0.3, 0.4) is 0 Å². The van der Waals surface area contributed by atoms with Crippen molar-refractivity contribution in [3.63, 3.8) is 0 Å². The number of rotatable bonds is 7. The number of nitrogens with zero attached hydrogens (tertiary/aromatic N) is 1. The fraction of sp³-hybridized carbons (Fsp3) is 0.364. The molecule has 1 unspecified atom stereocenters. The maximum atomic E-state index is 12.8. The highest BCUT2D eigenvalue weighted by atomic mass is 35.5. The number of nitrogens with one attached hydrogen (secondary N) is 2. The molecule has 6 heteroatoms. The van der Waals surface area contributed by atoms with Gasteiger partial charge in [-0.2, -0.15) is 0 Å². The Morgan fingerprint density at radius 1 is 1.07 bits per heavy atom. The van der Waals surface area contributed by atoms with Crippen LogP contribution in [0.15, 0.2) is 54.6 Å². The fourth-order valence-corrected chi connectivity index (χ4v) is 3.46. The van der Waals surface area contributed by atoms with Gasteiger partial charge in [-0.25, -0.2) is 0 Å². The number of carbonyl (C=O) groups is 2. The molecule has 0 aliphatic carbocycles. The van der Waals surface area contributed by atoms with Crippen LogP contribution < -0.4 is 10.6 Å². The van der Waals surface area contributed by atoms with Gasteiger partial charge >= 0.3 is 0 Å². The molecule has 1 heterocycles. The van der Waals surface area contributed by atoms with Crippen molar-refractivity contribution in [2.75, 3.05) is 18.4 Å². The summed E-state index contributed by atoms with van der Waals surface area (Å²) in [6.45, 7) is 4.37. The first-order valence-electron chi connectivity index (χ1n) is 9.61. The highest BCUT2D eigenvalue weighted by Gasteiger charge is 2.33. The van der Waals surface area contributed by atoms with Crippen molar-refractivity contribution in [1.29, 1.82) is 0 Å². The van der Waals surface area contributed by atoms with Gasteiger partial charge in [-0.15, -0.1) is 12.4 Å². The molecular formula is C22H28ClN3O2. The van der Waals surface area contributed by atoms with Crippen molar-refractivity contribution in [1.82, 2.24) is 10.2 Å². The van der Waals surface area contributed by atoms with Crippen LogP contribution >= 0.6 is 12.4 Å². The molecule has 1 aliphatic rings. The van der Waals surface area contributed by atoms with Crippen molar-refractivity contribution >= 4 is 29.9 Å². The fourth-order valence-electron chi connectivity index (χ4n) is 3.46. The summed E-state index contributed by atoms with van der Waals surface area (Å²) in [5.74, 6) is -0.0886. The van der Waals surface area contributed by atoms with E-state index in [-0.39, 0.29) is 24.2 Å². The van der Waals surface area contributed by atoms with Crippen LogP contribution in [0.2, 0.25) is 0 Å². The van der Waals surface area contributed by atoms with Gasteiger partial charge in [-0.05, 0) is 42.6 Å². The number of amides is 2. The molecule has 1 aliphatic heterocycles. The van der Waals surface area contributed by atoms with Crippen LogP contribution in [0.4, 0.5) is 5.69 Å². The molecule has 1 fully saturated rings. The molecule has 28 heavy (non-hydrogen) atoms. The lowest BCUT2D eigenvalue weighted by Gasteiger charge is -2.24. The van der Waals surface area contributed by atoms with E-state index in [1.807, 2.05) is 54.6 Å². The van der Waals surface area contributed by atoms with E-state index < -0.39 is 6.04 Å². The van der Waals surface area contributed by atoms with Crippen LogP contribution in [0.1, 0.15) is 30.9 Å². The SMILES string of the molecule is CCNCc1cccc(NC(=O)C2CCCN2C(=O)Cc2ccccc2)c1.Cl. The Balaban J connectivity index is 0.00000280. The predicted octanol–water partition coefficient (Wildman–Crippen LogP) is 3.39. The van der Waals surface area contributed by atoms with E-state index in [0.29, 0.717) is 19.4 Å². The van der Waals surface area contributed by atoms with E-state index in [1.165, 1.54) is 0 Å². The molecule has 2 aromatic carbocycles.